The van der Waals surface area contributed by atoms with Crippen LogP contribution >= 0.6 is 0 Å². The Bertz CT molecular complexity index is 1050. The van der Waals surface area contributed by atoms with E-state index in [0.29, 0.717) is 18.7 Å². The van der Waals surface area contributed by atoms with E-state index in [0.717, 1.165) is 22.3 Å². The SMILES string of the molecule is CCS(=O)(=O)N1CCc2ccc(NS(=O)(=O)Cc3cccc(C)c3)cc2C1. The van der Waals surface area contributed by atoms with Crippen LogP contribution in [-0.2, 0) is 38.8 Å². The number of benzene rings is 2. The minimum Gasteiger partial charge on any atom is -0.283 e. The number of anilines is 1. The van der Waals surface area contributed by atoms with E-state index >= 15 is 0 Å². The summed E-state index contributed by atoms with van der Waals surface area (Å²) in [6.07, 6.45) is 0.630. The average molecular weight is 409 g/mol. The lowest BCUT2D eigenvalue weighted by atomic mass is 10.0. The van der Waals surface area contributed by atoms with Crippen LogP contribution in [0.1, 0.15) is 29.2 Å². The van der Waals surface area contributed by atoms with Gasteiger partial charge in [-0.1, -0.05) is 35.9 Å². The highest BCUT2D eigenvalue weighted by Crippen LogP contribution is 2.25. The molecule has 8 heteroatoms. The molecule has 27 heavy (non-hydrogen) atoms. The molecule has 1 heterocycles. The summed E-state index contributed by atoms with van der Waals surface area (Å²) in [5.41, 5.74) is 4.08. The number of hydrogen-bond donors (Lipinski definition) is 1. The van der Waals surface area contributed by atoms with Gasteiger partial charge < -0.3 is 0 Å². The summed E-state index contributed by atoms with van der Waals surface area (Å²) in [5.74, 6) is -0.0484. The molecule has 3 rings (SSSR count). The Morgan fingerprint density at radius 2 is 1.81 bits per heavy atom. The first-order valence-electron chi connectivity index (χ1n) is 8.84. The molecule has 1 aliphatic heterocycles. The van der Waals surface area contributed by atoms with Crippen molar-refractivity contribution in [3.05, 3.63) is 64.7 Å². The lowest BCUT2D eigenvalue weighted by Crippen LogP contribution is -2.36. The van der Waals surface area contributed by atoms with E-state index in [2.05, 4.69) is 4.72 Å². The van der Waals surface area contributed by atoms with E-state index in [-0.39, 0.29) is 18.1 Å². The third-order valence-corrected chi connectivity index (χ3v) is 7.74. The Balaban J connectivity index is 1.78. The molecule has 2 aromatic rings. The van der Waals surface area contributed by atoms with Gasteiger partial charge in [-0.05, 0) is 49.1 Å². The third-order valence-electron chi connectivity index (χ3n) is 4.65. The molecule has 0 spiro atoms. The molecule has 0 fully saturated rings. The van der Waals surface area contributed by atoms with E-state index in [4.69, 9.17) is 0 Å². The monoisotopic (exact) mass is 408 g/mol. The smallest absolute Gasteiger partial charge is 0.236 e. The summed E-state index contributed by atoms with van der Waals surface area (Å²) in [6, 6.07) is 12.7. The summed E-state index contributed by atoms with van der Waals surface area (Å²) >= 11 is 0. The quantitative estimate of drug-likeness (QED) is 0.796. The van der Waals surface area contributed by atoms with Gasteiger partial charge in [0.05, 0.1) is 11.5 Å². The van der Waals surface area contributed by atoms with Gasteiger partial charge in [0.25, 0.3) is 0 Å². The summed E-state index contributed by atoms with van der Waals surface area (Å²) in [6.45, 7) is 4.28. The maximum Gasteiger partial charge on any atom is 0.236 e. The Hall–Kier alpha value is -1.90. The number of nitrogens with zero attached hydrogens (tertiary/aromatic N) is 1. The second-order valence-electron chi connectivity index (χ2n) is 6.82. The maximum atomic E-state index is 12.5. The van der Waals surface area contributed by atoms with Crippen LogP contribution in [0.15, 0.2) is 42.5 Å². The van der Waals surface area contributed by atoms with Crippen LogP contribution in [0.3, 0.4) is 0 Å². The molecule has 0 unspecified atom stereocenters. The summed E-state index contributed by atoms with van der Waals surface area (Å²) in [5, 5.41) is 0. The zero-order chi connectivity index (χ0) is 19.7. The molecule has 0 saturated heterocycles. The fourth-order valence-corrected chi connectivity index (χ4v) is 5.50. The topological polar surface area (TPSA) is 83.6 Å². The van der Waals surface area contributed by atoms with Crippen LogP contribution in [-0.4, -0.2) is 33.4 Å². The minimum atomic E-state index is -3.56. The highest BCUT2D eigenvalue weighted by Gasteiger charge is 2.25. The normalized spacial score (nSPS) is 15.3. The van der Waals surface area contributed by atoms with Crippen molar-refractivity contribution in [2.75, 3.05) is 17.0 Å². The number of fused-ring (bicyclic) bond motifs is 1. The van der Waals surface area contributed by atoms with Crippen LogP contribution in [0.4, 0.5) is 5.69 Å². The number of hydrogen-bond acceptors (Lipinski definition) is 4. The number of rotatable bonds is 6. The van der Waals surface area contributed by atoms with Crippen molar-refractivity contribution >= 4 is 25.7 Å². The zero-order valence-corrected chi connectivity index (χ0v) is 17.1. The molecule has 1 N–H and O–H groups in total. The van der Waals surface area contributed by atoms with Crippen LogP contribution < -0.4 is 4.72 Å². The number of sulfonamides is 2. The fourth-order valence-electron chi connectivity index (χ4n) is 3.25. The second kappa shape index (κ2) is 7.61. The maximum absolute atomic E-state index is 12.5. The lowest BCUT2D eigenvalue weighted by Gasteiger charge is -2.28. The lowest BCUT2D eigenvalue weighted by molar-refractivity contribution is 0.392. The molecule has 0 atom stereocenters. The van der Waals surface area contributed by atoms with Gasteiger partial charge in [0.2, 0.25) is 20.0 Å². The van der Waals surface area contributed by atoms with Gasteiger partial charge in [-0.25, -0.2) is 16.8 Å². The van der Waals surface area contributed by atoms with E-state index in [1.807, 2.05) is 31.2 Å². The van der Waals surface area contributed by atoms with Gasteiger partial charge in [0.1, 0.15) is 0 Å². The van der Waals surface area contributed by atoms with Gasteiger partial charge in [0, 0.05) is 18.8 Å². The summed E-state index contributed by atoms with van der Waals surface area (Å²) < 4.78 is 53.3. The molecule has 146 valence electrons. The van der Waals surface area contributed by atoms with E-state index < -0.39 is 20.0 Å². The van der Waals surface area contributed by atoms with Gasteiger partial charge in [-0.3, -0.25) is 4.72 Å². The Kier molecular flexibility index (Phi) is 5.60. The van der Waals surface area contributed by atoms with Gasteiger partial charge >= 0.3 is 0 Å². The third kappa shape index (κ3) is 4.88. The van der Waals surface area contributed by atoms with Crippen molar-refractivity contribution in [1.82, 2.24) is 4.31 Å². The van der Waals surface area contributed by atoms with E-state index in [1.54, 1.807) is 25.1 Å². The van der Waals surface area contributed by atoms with Crippen LogP contribution in [0, 0.1) is 6.92 Å². The Labute approximate surface area is 161 Å². The second-order valence-corrected chi connectivity index (χ2v) is 10.8. The van der Waals surface area contributed by atoms with Crippen molar-refractivity contribution in [3.8, 4) is 0 Å². The first-order valence-corrected chi connectivity index (χ1v) is 12.1. The molecule has 6 nitrogen and oxygen atoms in total. The van der Waals surface area contributed by atoms with Crippen molar-refractivity contribution in [1.29, 1.82) is 0 Å². The predicted molar refractivity (Wildman–Crippen MR) is 107 cm³/mol. The Morgan fingerprint density at radius 1 is 1.04 bits per heavy atom. The van der Waals surface area contributed by atoms with Crippen molar-refractivity contribution < 1.29 is 16.8 Å². The molecule has 1 aliphatic rings. The molecule has 0 bridgehead atoms. The van der Waals surface area contributed by atoms with Crippen molar-refractivity contribution in [2.24, 2.45) is 0 Å². The summed E-state index contributed by atoms with van der Waals surface area (Å²) in [4.78, 5) is 0. The van der Waals surface area contributed by atoms with Gasteiger partial charge in [-0.2, -0.15) is 4.31 Å². The van der Waals surface area contributed by atoms with Gasteiger partial charge in [0.15, 0.2) is 0 Å². The molecule has 0 saturated carbocycles. The molecule has 0 aromatic heterocycles. The molecule has 0 amide bonds. The molecular formula is C19H24N2O4S2. The van der Waals surface area contributed by atoms with Crippen LogP contribution in [0.5, 0.6) is 0 Å². The van der Waals surface area contributed by atoms with Crippen LogP contribution in [0.2, 0.25) is 0 Å². The molecular weight excluding hydrogens is 384 g/mol. The molecule has 0 radical (unpaired) electrons. The number of nitrogens with one attached hydrogen (secondary N) is 1. The Morgan fingerprint density at radius 3 is 2.52 bits per heavy atom. The fraction of sp³-hybridized carbons (Fsp3) is 0.368. The highest BCUT2D eigenvalue weighted by molar-refractivity contribution is 7.91. The first kappa shape index (κ1) is 19.9. The van der Waals surface area contributed by atoms with E-state index in [9.17, 15) is 16.8 Å². The van der Waals surface area contributed by atoms with Gasteiger partial charge in [-0.15, -0.1) is 0 Å². The van der Waals surface area contributed by atoms with Crippen molar-refractivity contribution in [3.63, 3.8) is 0 Å². The standard InChI is InChI=1S/C19H24N2O4S2/c1-3-27(24,25)21-10-9-17-7-8-19(12-18(17)13-21)20-26(22,23)14-16-6-4-5-15(2)11-16/h4-8,11-12,20H,3,9-10,13-14H2,1-2H3. The highest BCUT2D eigenvalue weighted by atomic mass is 32.2. The predicted octanol–water partition coefficient (Wildman–Crippen LogP) is 2.64. The molecule has 0 aliphatic carbocycles. The van der Waals surface area contributed by atoms with Crippen LogP contribution in [0.25, 0.3) is 0 Å². The largest absolute Gasteiger partial charge is 0.283 e. The first-order chi connectivity index (χ1) is 12.7. The van der Waals surface area contributed by atoms with Crippen molar-refractivity contribution in [2.45, 2.75) is 32.6 Å². The molecule has 2 aromatic carbocycles. The minimum absolute atomic E-state index is 0.0607. The number of aryl methyl sites for hydroxylation is 1. The van der Waals surface area contributed by atoms with E-state index in [1.165, 1.54) is 4.31 Å². The summed E-state index contributed by atoms with van der Waals surface area (Å²) in [7, 11) is -6.82. The average Bonchev–Trinajstić information content (AvgIpc) is 2.60. The zero-order valence-electron chi connectivity index (χ0n) is 15.5.